The Labute approximate surface area is 204 Å². The van der Waals surface area contributed by atoms with Crippen molar-refractivity contribution in [2.24, 2.45) is 0 Å². The number of likely N-dealkylation sites (tertiary alicyclic amines) is 1. The first-order valence-corrected chi connectivity index (χ1v) is 11.8. The summed E-state index contributed by atoms with van der Waals surface area (Å²) in [4.78, 5) is 19.4. The largest absolute Gasteiger partial charge is 0.416 e. The lowest BCUT2D eigenvalue weighted by Crippen LogP contribution is -2.26. The summed E-state index contributed by atoms with van der Waals surface area (Å²) in [5.41, 5.74) is 2.17. The van der Waals surface area contributed by atoms with E-state index in [1.54, 1.807) is 18.3 Å². The number of anilines is 1. The highest BCUT2D eigenvalue weighted by Crippen LogP contribution is 2.33. The van der Waals surface area contributed by atoms with Crippen LogP contribution in [0.2, 0.25) is 0 Å². The van der Waals surface area contributed by atoms with Crippen LogP contribution in [0.15, 0.2) is 60.8 Å². The average molecular weight is 565 g/mol. The molecule has 33 heavy (non-hydrogen) atoms. The van der Waals surface area contributed by atoms with E-state index in [9.17, 15) is 18.0 Å². The Morgan fingerprint density at radius 2 is 1.85 bits per heavy atom. The fourth-order valence-corrected chi connectivity index (χ4v) is 4.39. The Kier molecular flexibility index (Phi) is 7.04. The Morgan fingerprint density at radius 3 is 2.45 bits per heavy atom. The van der Waals surface area contributed by atoms with Crippen molar-refractivity contribution in [1.82, 2.24) is 9.88 Å². The summed E-state index contributed by atoms with van der Waals surface area (Å²) in [5.74, 6) is 0.151. The van der Waals surface area contributed by atoms with E-state index in [2.05, 4.69) is 44.7 Å². The molecule has 0 unspecified atom stereocenters. The molecule has 4 nitrogen and oxygen atoms in total. The third-order valence-corrected chi connectivity index (χ3v) is 6.64. The van der Waals surface area contributed by atoms with E-state index in [-0.39, 0.29) is 5.91 Å². The van der Waals surface area contributed by atoms with E-state index in [4.69, 9.17) is 0 Å². The lowest BCUT2D eigenvalue weighted by Gasteiger charge is -2.23. The Hall–Kier alpha value is -2.46. The Balaban J connectivity index is 1.64. The first-order valence-electron chi connectivity index (χ1n) is 10.7. The first kappa shape index (κ1) is 23.7. The zero-order valence-corrected chi connectivity index (χ0v) is 20.2. The molecule has 0 spiro atoms. The van der Waals surface area contributed by atoms with E-state index in [0.29, 0.717) is 29.5 Å². The minimum atomic E-state index is -4.38. The molecule has 1 saturated heterocycles. The van der Waals surface area contributed by atoms with Crippen LogP contribution in [0.5, 0.6) is 0 Å². The van der Waals surface area contributed by atoms with E-state index < -0.39 is 11.7 Å². The minimum absolute atomic E-state index is 0.262. The summed E-state index contributed by atoms with van der Waals surface area (Å²) >= 11 is 2.18. The molecule has 172 valence electrons. The number of alkyl halides is 3. The van der Waals surface area contributed by atoms with Gasteiger partial charge >= 0.3 is 6.18 Å². The molecule has 2 heterocycles. The molecule has 0 aliphatic carbocycles. The number of aromatic nitrogens is 1. The summed E-state index contributed by atoms with van der Waals surface area (Å²) in [7, 11) is 0. The molecule has 1 aliphatic heterocycles. The van der Waals surface area contributed by atoms with Crippen LogP contribution in [-0.4, -0.2) is 28.4 Å². The van der Waals surface area contributed by atoms with Gasteiger partial charge in [0.15, 0.2) is 0 Å². The van der Waals surface area contributed by atoms with Gasteiger partial charge in [-0.1, -0.05) is 12.1 Å². The van der Waals surface area contributed by atoms with Crippen molar-refractivity contribution in [3.8, 4) is 11.1 Å². The topological polar surface area (TPSA) is 45.2 Å². The summed E-state index contributed by atoms with van der Waals surface area (Å²) in [6, 6.07) is 14.6. The summed E-state index contributed by atoms with van der Waals surface area (Å²) < 4.78 is 40.0. The highest BCUT2D eigenvalue weighted by Gasteiger charge is 2.30. The van der Waals surface area contributed by atoms with Crippen LogP contribution in [0.25, 0.3) is 11.1 Å². The van der Waals surface area contributed by atoms with Crippen LogP contribution in [0.4, 0.5) is 19.0 Å². The second-order valence-corrected chi connectivity index (χ2v) is 9.47. The van der Waals surface area contributed by atoms with Gasteiger partial charge in [-0.25, -0.2) is 4.98 Å². The van der Waals surface area contributed by atoms with Crippen molar-refractivity contribution in [2.75, 3.05) is 11.9 Å². The molecule has 1 amide bonds. The fourth-order valence-electron chi connectivity index (χ4n) is 4.03. The van der Waals surface area contributed by atoms with Crippen LogP contribution in [0.1, 0.15) is 41.3 Å². The van der Waals surface area contributed by atoms with Crippen molar-refractivity contribution >= 4 is 34.3 Å². The molecule has 1 N–H and O–H groups in total. The van der Waals surface area contributed by atoms with Gasteiger partial charge in [0.2, 0.25) is 0 Å². The van der Waals surface area contributed by atoms with Gasteiger partial charge < -0.3 is 5.32 Å². The molecular weight excluding hydrogens is 542 g/mol. The third-order valence-electron chi connectivity index (χ3n) is 5.92. The predicted molar refractivity (Wildman–Crippen MR) is 131 cm³/mol. The van der Waals surface area contributed by atoms with Gasteiger partial charge in [-0.2, -0.15) is 13.2 Å². The van der Waals surface area contributed by atoms with Crippen LogP contribution < -0.4 is 5.32 Å². The number of nitrogens with one attached hydrogen (secondary N) is 1. The number of carbonyl (C=O) groups is 1. The minimum Gasteiger partial charge on any atom is -0.307 e. The van der Waals surface area contributed by atoms with Gasteiger partial charge in [-0.3, -0.25) is 9.69 Å². The molecule has 0 bridgehead atoms. The molecule has 4 rings (SSSR count). The van der Waals surface area contributed by atoms with Crippen molar-refractivity contribution in [2.45, 2.75) is 38.5 Å². The van der Waals surface area contributed by atoms with Crippen LogP contribution in [0, 0.1) is 3.57 Å². The molecular formula is C25H23F3IN3O. The SMILES string of the molecule is C[C@@H]1CCCN1Cc1cc(NC(=O)c2ccc(I)cc2)ncc1-c1ccc(C(F)(F)F)cc1. The van der Waals surface area contributed by atoms with Gasteiger partial charge in [0.25, 0.3) is 5.91 Å². The predicted octanol–water partition coefficient (Wildman–Crippen LogP) is 6.61. The lowest BCUT2D eigenvalue weighted by molar-refractivity contribution is -0.137. The molecule has 1 aliphatic rings. The standard InChI is InChI=1S/C25H23F3IN3O/c1-16-3-2-12-32(16)15-19-13-23(31-24(33)18-6-10-21(29)11-7-18)30-14-22(19)17-4-8-20(9-5-17)25(26,27)28/h4-11,13-14,16H,2-3,12,15H2,1H3,(H,30,31,33)/t16-/m1/s1. The Bertz CT molecular complexity index is 1130. The summed E-state index contributed by atoms with van der Waals surface area (Å²) in [6.07, 6.45) is -0.536. The molecule has 1 aromatic heterocycles. The van der Waals surface area contributed by atoms with Crippen LogP contribution in [-0.2, 0) is 12.7 Å². The molecule has 1 atom stereocenters. The van der Waals surface area contributed by atoms with Gasteiger partial charge in [0.1, 0.15) is 5.82 Å². The van der Waals surface area contributed by atoms with E-state index >= 15 is 0 Å². The third kappa shape index (κ3) is 5.73. The molecule has 1 fully saturated rings. The van der Waals surface area contributed by atoms with Crippen molar-refractivity contribution < 1.29 is 18.0 Å². The zero-order chi connectivity index (χ0) is 23.6. The number of hydrogen-bond donors (Lipinski definition) is 1. The maximum Gasteiger partial charge on any atom is 0.416 e. The first-order chi connectivity index (χ1) is 15.7. The maximum absolute atomic E-state index is 13.0. The van der Waals surface area contributed by atoms with Crippen molar-refractivity contribution in [3.05, 3.63) is 81.1 Å². The Morgan fingerprint density at radius 1 is 1.15 bits per heavy atom. The number of halogens is 4. The van der Waals surface area contributed by atoms with Gasteiger partial charge in [-0.05, 0) is 102 Å². The second kappa shape index (κ2) is 9.80. The quantitative estimate of drug-likeness (QED) is 0.355. The number of hydrogen-bond acceptors (Lipinski definition) is 3. The number of benzene rings is 2. The zero-order valence-electron chi connectivity index (χ0n) is 18.0. The number of rotatable bonds is 5. The molecule has 0 radical (unpaired) electrons. The second-order valence-electron chi connectivity index (χ2n) is 8.22. The smallest absolute Gasteiger partial charge is 0.307 e. The van der Waals surface area contributed by atoms with Gasteiger partial charge in [0, 0.05) is 33.5 Å². The number of nitrogens with zero attached hydrogens (tertiary/aromatic N) is 2. The van der Waals surface area contributed by atoms with E-state index in [1.807, 2.05) is 18.2 Å². The number of amides is 1. The average Bonchev–Trinajstić information content (AvgIpc) is 3.18. The van der Waals surface area contributed by atoms with E-state index in [0.717, 1.165) is 46.2 Å². The number of pyridine rings is 1. The normalized spacial score (nSPS) is 16.7. The lowest BCUT2D eigenvalue weighted by atomic mass is 9.99. The summed E-state index contributed by atoms with van der Waals surface area (Å²) in [5, 5.41) is 2.84. The maximum atomic E-state index is 13.0. The molecule has 0 saturated carbocycles. The van der Waals surface area contributed by atoms with E-state index in [1.165, 1.54) is 12.1 Å². The molecule has 2 aromatic carbocycles. The summed E-state index contributed by atoms with van der Waals surface area (Å²) in [6.45, 7) is 3.76. The van der Waals surface area contributed by atoms with Crippen LogP contribution >= 0.6 is 22.6 Å². The molecule has 8 heteroatoms. The monoisotopic (exact) mass is 565 g/mol. The van der Waals surface area contributed by atoms with Crippen LogP contribution in [0.3, 0.4) is 0 Å². The molecule has 3 aromatic rings. The highest BCUT2D eigenvalue weighted by molar-refractivity contribution is 14.1. The van der Waals surface area contributed by atoms with Crippen molar-refractivity contribution in [1.29, 1.82) is 0 Å². The van der Waals surface area contributed by atoms with Gasteiger partial charge in [-0.15, -0.1) is 0 Å². The van der Waals surface area contributed by atoms with Crippen molar-refractivity contribution in [3.63, 3.8) is 0 Å². The van der Waals surface area contributed by atoms with Gasteiger partial charge in [0.05, 0.1) is 5.56 Å². The highest BCUT2D eigenvalue weighted by atomic mass is 127. The number of carbonyl (C=O) groups excluding carboxylic acids is 1. The fraction of sp³-hybridized carbons (Fsp3) is 0.280.